The highest BCUT2D eigenvalue weighted by molar-refractivity contribution is 7.89. The fraction of sp³-hybridized carbons (Fsp3) is 0.600. The summed E-state index contributed by atoms with van der Waals surface area (Å²) in [5.74, 6) is 0.790. The number of hydrogen-bond acceptors (Lipinski definition) is 4. The van der Waals surface area contributed by atoms with Crippen molar-refractivity contribution in [1.29, 1.82) is 0 Å². The molecule has 0 aliphatic carbocycles. The van der Waals surface area contributed by atoms with Gasteiger partial charge >= 0.3 is 0 Å². The smallest absolute Gasteiger partial charge is 0.217 e. The van der Waals surface area contributed by atoms with E-state index in [1.807, 2.05) is 31.2 Å². The van der Waals surface area contributed by atoms with Crippen molar-refractivity contribution in [2.24, 2.45) is 0 Å². The van der Waals surface area contributed by atoms with Gasteiger partial charge in [-0.15, -0.1) is 0 Å². The molecule has 0 amide bonds. The zero-order valence-electron chi connectivity index (χ0n) is 13.5. The van der Waals surface area contributed by atoms with E-state index in [1.54, 1.807) is 28.1 Å². The number of benzene rings is 1. The first-order chi connectivity index (χ1) is 9.84. The number of sulfonamides is 1. The quantitative estimate of drug-likeness (QED) is 0.790. The molecule has 6 heteroatoms. The maximum atomic E-state index is 12.5. The summed E-state index contributed by atoms with van der Waals surface area (Å²) in [6.45, 7) is 4.07. The molecule has 0 spiro atoms. The highest BCUT2D eigenvalue weighted by atomic mass is 32.2. The van der Waals surface area contributed by atoms with Gasteiger partial charge < -0.3 is 10.1 Å². The molecule has 0 bridgehead atoms. The summed E-state index contributed by atoms with van der Waals surface area (Å²) in [5, 5.41) is 2.46. The maximum absolute atomic E-state index is 12.5. The molecule has 2 atom stereocenters. The van der Waals surface area contributed by atoms with E-state index in [2.05, 4.69) is 5.32 Å². The molecule has 120 valence electrons. The maximum Gasteiger partial charge on any atom is 0.217 e. The lowest BCUT2D eigenvalue weighted by molar-refractivity contribution is 0.369. The largest absolute Gasteiger partial charge is 0.496 e. The zero-order chi connectivity index (χ0) is 16.0. The van der Waals surface area contributed by atoms with Crippen LogP contribution >= 0.6 is 0 Å². The molecule has 0 aromatic heterocycles. The molecule has 1 rings (SSSR count). The van der Waals surface area contributed by atoms with Gasteiger partial charge in [-0.05, 0) is 38.9 Å². The predicted octanol–water partition coefficient (Wildman–Crippen LogP) is 1.50. The number of likely N-dealkylation sites (N-methyl/N-ethyl adjacent to an activating group) is 1. The van der Waals surface area contributed by atoms with Crippen molar-refractivity contribution >= 4 is 10.0 Å². The van der Waals surface area contributed by atoms with E-state index < -0.39 is 15.3 Å². The molecule has 0 aliphatic heterocycles. The van der Waals surface area contributed by atoms with Gasteiger partial charge in [0, 0.05) is 19.6 Å². The summed E-state index contributed by atoms with van der Waals surface area (Å²) in [7, 11) is 1.71. The average molecular weight is 314 g/mol. The lowest BCUT2D eigenvalue weighted by Gasteiger charge is -2.28. The third kappa shape index (κ3) is 4.43. The van der Waals surface area contributed by atoms with Crippen LogP contribution in [0.1, 0.15) is 19.4 Å². The lowest BCUT2D eigenvalue weighted by Crippen LogP contribution is -2.44. The third-order valence-electron chi connectivity index (χ3n) is 3.73. The minimum Gasteiger partial charge on any atom is -0.496 e. The average Bonchev–Trinajstić information content (AvgIpc) is 2.47. The van der Waals surface area contributed by atoms with Crippen LogP contribution in [0.5, 0.6) is 5.75 Å². The van der Waals surface area contributed by atoms with Crippen molar-refractivity contribution in [3.8, 4) is 5.75 Å². The van der Waals surface area contributed by atoms with Crippen molar-refractivity contribution < 1.29 is 13.2 Å². The predicted molar refractivity (Wildman–Crippen MR) is 86.2 cm³/mol. The molecule has 0 heterocycles. The number of hydrogen-bond donors (Lipinski definition) is 1. The summed E-state index contributed by atoms with van der Waals surface area (Å²) in [4.78, 5) is 0. The minimum atomic E-state index is -3.31. The van der Waals surface area contributed by atoms with Crippen LogP contribution in [-0.4, -0.2) is 51.8 Å². The Morgan fingerprint density at radius 3 is 2.48 bits per heavy atom. The molecule has 1 aromatic rings. The second-order valence-corrected chi connectivity index (χ2v) is 7.71. The first-order valence-corrected chi connectivity index (χ1v) is 8.58. The number of nitrogens with zero attached hydrogens (tertiary/aromatic N) is 1. The highest BCUT2D eigenvalue weighted by Gasteiger charge is 2.29. The first kappa shape index (κ1) is 17.9. The van der Waals surface area contributed by atoms with Crippen LogP contribution in [0, 0.1) is 0 Å². The highest BCUT2D eigenvalue weighted by Crippen LogP contribution is 2.21. The van der Waals surface area contributed by atoms with Crippen LogP contribution in [0.25, 0.3) is 0 Å². The van der Waals surface area contributed by atoms with Gasteiger partial charge in [-0.2, -0.15) is 0 Å². The Labute approximate surface area is 128 Å². The SMILES string of the molecule is CNCC(C)S(=O)(=O)N(C)C(C)Cc1ccccc1OC. The molecule has 0 radical (unpaired) electrons. The van der Waals surface area contributed by atoms with Crippen molar-refractivity contribution in [2.45, 2.75) is 31.6 Å². The fourth-order valence-electron chi connectivity index (χ4n) is 2.25. The van der Waals surface area contributed by atoms with Crippen LogP contribution in [-0.2, 0) is 16.4 Å². The Kier molecular flexibility index (Phi) is 6.64. The van der Waals surface area contributed by atoms with Gasteiger partial charge in [0.05, 0.1) is 12.4 Å². The summed E-state index contributed by atoms with van der Waals surface area (Å²) >= 11 is 0. The molecular weight excluding hydrogens is 288 g/mol. The van der Waals surface area contributed by atoms with Crippen molar-refractivity contribution in [1.82, 2.24) is 9.62 Å². The van der Waals surface area contributed by atoms with Gasteiger partial charge in [-0.25, -0.2) is 12.7 Å². The molecule has 21 heavy (non-hydrogen) atoms. The zero-order valence-corrected chi connectivity index (χ0v) is 14.3. The lowest BCUT2D eigenvalue weighted by atomic mass is 10.1. The number of methoxy groups -OCH3 is 1. The Morgan fingerprint density at radius 1 is 1.29 bits per heavy atom. The van der Waals surface area contributed by atoms with Crippen LogP contribution in [0.2, 0.25) is 0 Å². The molecule has 1 aromatic carbocycles. The summed E-state index contributed by atoms with van der Waals surface area (Å²) in [5.41, 5.74) is 1.01. The Bertz CT molecular complexity index is 546. The van der Waals surface area contributed by atoms with Crippen LogP contribution < -0.4 is 10.1 Å². The molecule has 0 aliphatic rings. The first-order valence-electron chi connectivity index (χ1n) is 7.08. The van der Waals surface area contributed by atoms with Crippen LogP contribution in [0.15, 0.2) is 24.3 Å². The number of nitrogens with one attached hydrogen (secondary N) is 1. The van der Waals surface area contributed by atoms with Crippen molar-refractivity contribution in [3.05, 3.63) is 29.8 Å². The molecular formula is C15H26N2O3S. The number of rotatable bonds is 8. The topological polar surface area (TPSA) is 58.6 Å². The summed E-state index contributed by atoms with van der Waals surface area (Å²) in [6, 6.07) is 7.56. The normalized spacial score (nSPS) is 15.0. The van der Waals surface area contributed by atoms with Crippen LogP contribution in [0.4, 0.5) is 0 Å². The second-order valence-electron chi connectivity index (χ2n) is 5.29. The molecule has 0 fully saturated rings. The van der Waals surface area contributed by atoms with E-state index in [0.29, 0.717) is 13.0 Å². The van der Waals surface area contributed by atoms with Gasteiger partial charge in [-0.3, -0.25) is 0 Å². The molecule has 2 unspecified atom stereocenters. The number of ether oxygens (including phenoxy) is 1. The minimum absolute atomic E-state index is 0.134. The van der Waals surface area contributed by atoms with Crippen molar-refractivity contribution in [3.63, 3.8) is 0 Å². The van der Waals surface area contributed by atoms with E-state index in [0.717, 1.165) is 11.3 Å². The van der Waals surface area contributed by atoms with E-state index in [-0.39, 0.29) is 6.04 Å². The fourth-order valence-corrected chi connectivity index (χ4v) is 3.77. The summed E-state index contributed by atoms with van der Waals surface area (Å²) in [6.07, 6.45) is 0.617. The van der Waals surface area contributed by atoms with Crippen molar-refractivity contribution in [2.75, 3.05) is 27.7 Å². The van der Waals surface area contributed by atoms with Gasteiger partial charge in [-0.1, -0.05) is 18.2 Å². The third-order valence-corrected chi connectivity index (χ3v) is 6.08. The monoisotopic (exact) mass is 314 g/mol. The van der Waals surface area contributed by atoms with Gasteiger partial charge in [0.1, 0.15) is 5.75 Å². The Hall–Kier alpha value is -1.11. The Balaban J connectivity index is 2.85. The Morgan fingerprint density at radius 2 is 1.90 bits per heavy atom. The van der Waals surface area contributed by atoms with E-state index in [9.17, 15) is 8.42 Å². The van der Waals surface area contributed by atoms with Crippen LogP contribution in [0.3, 0.4) is 0 Å². The second kappa shape index (κ2) is 7.77. The molecule has 0 saturated heterocycles. The van der Waals surface area contributed by atoms with Gasteiger partial charge in [0.2, 0.25) is 10.0 Å². The van der Waals surface area contributed by atoms with Gasteiger partial charge in [0.15, 0.2) is 0 Å². The van der Waals surface area contributed by atoms with Gasteiger partial charge in [0.25, 0.3) is 0 Å². The molecule has 1 N–H and O–H groups in total. The summed E-state index contributed by atoms with van der Waals surface area (Å²) < 4.78 is 31.7. The van der Waals surface area contributed by atoms with E-state index >= 15 is 0 Å². The molecule has 5 nitrogen and oxygen atoms in total. The van der Waals surface area contributed by atoms with E-state index in [1.165, 1.54) is 4.31 Å². The number of para-hydroxylation sites is 1. The standard InChI is InChI=1S/C15H26N2O3S/c1-12(10-14-8-6-7-9-15(14)20-5)17(4)21(18,19)13(2)11-16-3/h6-9,12-13,16H,10-11H2,1-5H3. The van der Waals surface area contributed by atoms with E-state index in [4.69, 9.17) is 4.74 Å². The molecule has 0 saturated carbocycles.